The van der Waals surface area contributed by atoms with E-state index >= 15 is 0 Å². The van der Waals surface area contributed by atoms with Crippen molar-refractivity contribution in [1.82, 2.24) is 9.55 Å². The van der Waals surface area contributed by atoms with Gasteiger partial charge in [0.1, 0.15) is 6.23 Å². The van der Waals surface area contributed by atoms with Crippen LogP contribution >= 0.6 is 0 Å². The van der Waals surface area contributed by atoms with Gasteiger partial charge in [0, 0.05) is 12.3 Å². The summed E-state index contributed by atoms with van der Waals surface area (Å²) < 4.78 is 6.93. The molecule has 1 aromatic heterocycles. The summed E-state index contributed by atoms with van der Waals surface area (Å²) in [4.78, 5) is 24.4. The van der Waals surface area contributed by atoms with Crippen LogP contribution in [0.15, 0.2) is 21.9 Å². The maximum atomic E-state index is 11.4. The van der Waals surface area contributed by atoms with Gasteiger partial charge in [-0.05, 0) is 19.8 Å². The zero-order valence-corrected chi connectivity index (χ0v) is 7.90. The molecule has 0 unspecified atom stereocenters. The summed E-state index contributed by atoms with van der Waals surface area (Å²) in [5.74, 6) is 0. The molecular weight excluding hydrogens is 184 g/mol. The molecule has 0 radical (unpaired) electrons. The highest BCUT2D eigenvalue weighted by molar-refractivity contribution is 4.85. The van der Waals surface area contributed by atoms with Crippen molar-refractivity contribution in [1.29, 1.82) is 0 Å². The largest absolute Gasteiger partial charge is 0.355 e. The Kier molecular flexibility index (Phi) is 2.25. The molecule has 0 bridgehead atoms. The topological polar surface area (TPSA) is 64.1 Å². The molecule has 1 aliphatic heterocycles. The monoisotopic (exact) mass is 196 g/mol. The number of nitrogens with zero attached hydrogens (tertiary/aromatic N) is 1. The van der Waals surface area contributed by atoms with Crippen LogP contribution in [0.2, 0.25) is 0 Å². The third-order valence-corrected chi connectivity index (χ3v) is 2.37. The predicted octanol–water partition coefficient (Wildman–Crippen LogP) is 0.234. The van der Waals surface area contributed by atoms with E-state index in [0.717, 1.165) is 12.8 Å². The molecular formula is C9H12N2O3. The molecule has 1 fully saturated rings. The van der Waals surface area contributed by atoms with Crippen LogP contribution in [0.5, 0.6) is 0 Å². The first-order valence-electron chi connectivity index (χ1n) is 4.64. The summed E-state index contributed by atoms with van der Waals surface area (Å²) in [6, 6.07) is 1.33. The first kappa shape index (κ1) is 9.21. The number of hydrogen-bond donors (Lipinski definition) is 1. The number of ether oxygens (including phenoxy) is 1. The summed E-state index contributed by atoms with van der Waals surface area (Å²) in [7, 11) is 0. The van der Waals surface area contributed by atoms with E-state index in [1.807, 2.05) is 6.92 Å². The average molecular weight is 196 g/mol. The molecule has 0 amide bonds. The first-order valence-corrected chi connectivity index (χ1v) is 4.64. The van der Waals surface area contributed by atoms with Crippen molar-refractivity contribution in [2.45, 2.75) is 32.1 Å². The van der Waals surface area contributed by atoms with Crippen LogP contribution < -0.4 is 11.2 Å². The van der Waals surface area contributed by atoms with E-state index in [9.17, 15) is 9.59 Å². The van der Waals surface area contributed by atoms with Crippen LogP contribution in [0, 0.1) is 0 Å². The third kappa shape index (κ3) is 1.63. The van der Waals surface area contributed by atoms with E-state index in [-0.39, 0.29) is 17.9 Å². The molecule has 2 heterocycles. The average Bonchev–Trinajstić information content (AvgIpc) is 2.51. The van der Waals surface area contributed by atoms with Crippen LogP contribution in [0.3, 0.4) is 0 Å². The maximum Gasteiger partial charge on any atom is 0.330 e. The van der Waals surface area contributed by atoms with Gasteiger partial charge in [0.25, 0.3) is 5.56 Å². The standard InChI is InChI=1S/C9H12N2O3/c1-6-2-3-8(14-6)11-5-4-7(12)10-9(11)13/h4-6,8H,2-3H2,1H3,(H,10,12,13)/t6-,8-/m1/s1. The number of H-pyrrole nitrogens is 1. The van der Waals surface area contributed by atoms with Crippen molar-refractivity contribution < 1.29 is 4.74 Å². The van der Waals surface area contributed by atoms with Gasteiger partial charge in [-0.3, -0.25) is 14.3 Å². The zero-order valence-electron chi connectivity index (χ0n) is 7.90. The Morgan fingerprint density at radius 3 is 2.86 bits per heavy atom. The minimum absolute atomic E-state index is 0.179. The highest BCUT2D eigenvalue weighted by Gasteiger charge is 2.23. The lowest BCUT2D eigenvalue weighted by Gasteiger charge is -2.12. The summed E-state index contributed by atoms with van der Waals surface area (Å²) in [5.41, 5.74) is -0.783. The predicted molar refractivity (Wildman–Crippen MR) is 50.1 cm³/mol. The van der Waals surface area contributed by atoms with E-state index in [4.69, 9.17) is 4.74 Å². The fourth-order valence-electron chi connectivity index (χ4n) is 1.64. The first-order chi connectivity index (χ1) is 6.66. The Labute approximate surface area is 80.3 Å². The van der Waals surface area contributed by atoms with Gasteiger partial charge >= 0.3 is 5.69 Å². The van der Waals surface area contributed by atoms with Crippen LogP contribution in [-0.4, -0.2) is 15.7 Å². The van der Waals surface area contributed by atoms with Crippen molar-refractivity contribution in [3.05, 3.63) is 33.1 Å². The van der Waals surface area contributed by atoms with Crippen molar-refractivity contribution in [2.75, 3.05) is 0 Å². The molecule has 1 aliphatic rings. The van der Waals surface area contributed by atoms with Crippen molar-refractivity contribution in [3.63, 3.8) is 0 Å². The van der Waals surface area contributed by atoms with Crippen molar-refractivity contribution >= 4 is 0 Å². The number of nitrogens with one attached hydrogen (secondary N) is 1. The second-order valence-electron chi connectivity index (χ2n) is 3.50. The lowest BCUT2D eigenvalue weighted by Crippen LogP contribution is -2.31. The van der Waals surface area contributed by atoms with Crippen LogP contribution in [0.1, 0.15) is 26.0 Å². The van der Waals surface area contributed by atoms with E-state index in [2.05, 4.69) is 4.98 Å². The van der Waals surface area contributed by atoms with Crippen LogP contribution in [0.25, 0.3) is 0 Å². The van der Waals surface area contributed by atoms with Gasteiger partial charge in [0.05, 0.1) is 6.10 Å². The summed E-state index contributed by atoms with van der Waals surface area (Å²) in [6.45, 7) is 1.97. The fourth-order valence-corrected chi connectivity index (χ4v) is 1.64. The minimum Gasteiger partial charge on any atom is -0.355 e. The number of aromatic amines is 1. The molecule has 5 nitrogen and oxygen atoms in total. The summed E-state index contributed by atoms with van der Waals surface area (Å²) >= 11 is 0. The van der Waals surface area contributed by atoms with E-state index < -0.39 is 5.69 Å². The highest BCUT2D eigenvalue weighted by Crippen LogP contribution is 2.25. The molecule has 0 aliphatic carbocycles. The third-order valence-electron chi connectivity index (χ3n) is 2.37. The quantitative estimate of drug-likeness (QED) is 0.699. The summed E-state index contributed by atoms with van der Waals surface area (Å²) in [6.07, 6.45) is 3.18. The van der Waals surface area contributed by atoms with E-state index in [0.29, 0.717) is 0 Å². The molecule has 2 atom stereocenters. The van der Waals surface area contributed by atoms with Crippen molar-refractivity contribution in [2.24, 2.45) is 0 Å². The smallest absolute Gasteiger partial charge is 0.330 e. The number of hydrogen-bond acceptors (Lipinski definition) is 3. The van der Waals surface area contributed by atoms with Gasteiger partial charge in [-0.1, -0.05) is 0 Å². The molecule has 1 saturated heterocycles. The van der Waals surface area contributed by atoms with E-state index in [1.54, 1.807) is 0 Å². The van der Waals surface area contributed by atoms with Gasteiger partial charge in [-0.25, -0.2) is 4.79 Å². The fraction of sp³-hybridized carbons (Fsp3) is 0.556. The van der Waals surface area contributed by atoms with Gasteiger partial charge in [-0.2, -0.15) is 0 Å². The van der Waals surface area contributed by atoms with Gasteiger partial charge in [-0.15, -0.1) is 0 Å². The molecule has 0 saturated carbocycles. The molecule has 1 N–H and O–H groups in total. The second kappa shape index (κ2) is 3.42. The molecule has 1 aromatic rings. The Hall–Kier alpha value is -1.36. The van der Waals surface area contributed by atoms with Crippen molar-refractivity contribution in [3.8, 4) is 0 Å². The van der Waals surface area contributed by atoms with Gasteiger partial charge in [0.2, 0.25) is 0 Å². The lowest BCUT2D eigenvalue weighted by molar-refractivity contribution is 0.00792. The maximum absolute atomic E-state index is 11.4. The van der Waals surface area contributed by atoms with Gasteiger partial charge < -0.3 is 4.74 Å². The number of aromatic nitrogens is 2. The normalized spacial score (nSPS) is 26.6. The molecule has 76 valence electrons. The van der Waals surface area contributed by atoms with Crippen LogP contribution in [-0.2, 0) is 4.74 Å². The SMILES string of the molecule is C[C@@H]1CC[C@H](n2ccc(=O)[nH]c2=O)O1. The Morgan fingerprint density at radius 1 is 1.50 bits per heavy atom. The highest BCUT2D eigenvalue weighted by atomic mass is 16.5. The second-order valence-corrected chi connectivity index (χ2v) is 3.50. The molecule has 5 heteroatoms. The zero-order chi connectivity index (χ0) is 10.1. The van der Waals surface area contributed by atoms with E-state index in [1.165, 1.54) is 16.8 Å². The molecule has 0 spiro atoms. The molecule has 2 rings (SSSR count). The lowest BCUT2D eigenvalue weighted by atomic mass is 10.2. The molecule has 0 aromatic carbocycles. The Morgan fingerprint density at radius 2 is 2.29 bits per heavy atom. The Bertz CT molecular complexity index is 434. The Balaban J connectivity index is 2.33. The summed E-state index contributed by atoms with van der Waals surface area (Å²) in [5, 5.41) is 0. The number of rotatable bonds is 1. The molecule has 14 heavy (non-hydrogen) atoms. The van der Waals surface area contributed by atoms with Gasteiger partial charge in [0.15, 0.2) is 0 Å². The minimum atomic E-state index is -0.406. The van der Waals surface area contributed by atoms with Crippen LogP contribution in [0.4, 0.5) is 0 Å².